The molecule has 2 aliphatic rings. The molecule has 0 aromatic carbocycles. The number of hydrogen-bond acceptors (Lipinski definition) is 4. The van der Waals surface area contributed by atoms with Crippen LogP contribution >= 0.6 is 11.3 Å². The van der Waals surface area contributed by atoms with Crippen molar-refractivity contribution in [1.82, 2.24) is 19.2 Å². The molecule has 6 heteroatoms. The Balaban J connectivity index is 1.40. The maximum absolute atomic E-state index is 11.9. The first-order valence-electron chi connectivity index (χ1n) is 8.15. The molecule has 0 saturated carbocycles. The Morgan fingerprint density at radius 2 is 2.14 bits per heavy atom. The van der Waals surface area contributed by atoms with Gasteiger partial charge in [0.2, 0.25) is 5.91 Å². The summed E-state index contributed by atoms with van der Waals surface area (Å²) in [6.45, 7) is 6.19. The van der Waals surface area contributed by atoms with Crippen molar-refractivity contribution in [3.63, 3.8) is 0 Å². The zero-order valence-electron chi connectivity index (χ0n) is 13.0. The lowest BCUT2D eigenvalue weighted by Crippen LogP contribution is -2.45. The molecule has 2 aliphatic heterocycles. The molecule has 22 heavy (non-hydrogen) atoms. The van der Waals surface area contributed by atoms with E-state index in [1.165, 1.54) is 5.69 Å². The fourth-order valence-electron chi connectivity index (χ4n) is 3.79. The second kappa shape index (κ2) is 5.66. The van der Waals surface area contributed by atoms with Crippen molar-refractivity contribution < 1.29 is 4.79 Å². The topological polar surface area (TPSA) is 40.9 Å². The van der Waals surface area contributed by atoms with E-state index < -0.39 is 0 Å². The van der Waals surface area contributed by atoms with Crippen molar-refractivity contribution in [1.29, 1.82) is 0 Å². The van der Waals surface area contributed by atoms with Gasteiger partial charge in [0, 0.05) is 50.2 Å². The van der Waals surface area contributed by atoms with Gasteiger partial charge >= 0.3 is 0 Å². The minimum atomic E-state index is 0.366. The molecule has 0 bridgehead atoms. The predicted octanol–water partition coefficient (Wildman–Crippen LogP) is 2.29. The monoisotopic (exact) mass is 318 g/mol. The van der Waals surface area contributed by atoms with Gasteiger partial charge in [-0.05, 0) is 26.2 Å². The van der Waals surface area contributed by atoms with Crippen LogP contribution in [0, 0.1) is 6.92 Å². The summed E-state index contributed by atoms with van der Waals surface area (Å²) in [5.74, 6) is 0.366. The maximum atomic E-state index is 11.9. The molecule has 1 amide bonds. The SMILES string of the molecule is Cc1nc2sccn2c1CN1CCC(N2CCCC2=O)CC1. The third-order valence-electron chi connectivity index (χ3n) is 5.04. The number of aryl methyl sites for hydroxylation is 1. The molecule has 0 aliphatic carbocycles. The third kappa shape index (κ3) is 2.44. The van der Waals surface area contributed by atoms with E-state index in [4.69, 9.17) is 0 Å². The summed E-state index contributed by atoms with van der Waals surface area (Å²) in [5, 5.41) is 2.09. The number of piperidine rings is 1. The molecule has 0 atom stereocenters. The lowest BCUT2D eigenvalue weighted by molar-refractivity contribution is -0.130. The highest BCUT2D eigenvalue weighted by atomic mass is 32.1. The minimum absolute atomic E-state index is 0.366. The number of aromatic nitrogens is 2. The molecule has 0 radical (unpaired) electrons. The molecule has 5 nitrogen and oxygen atoms in total. The Kier molecular flexibility index (Phi) is 3.66. The van der Waals surface area contributed by atoms with Gasteiger partial charge in [0.1, 0.15) is 0 Å². The van der Waals surface area contributed by atoms with Crippen LogP contribution in [0.15, 0.2) is 11.6 Å². The summed E-state index contributed by atoms with van der Waals surface area (Å²) < 4.78 is 2.22. The van der Waals surface area contributed by atoms with Crippen LogP contribution in [0.3, 0.4) is 0 Å². The number of amides is 1. The minimum Gasteiger partial charge on any atom is -0.340 e. The van der Waals surface area contributed by atoms with Crippen LogP contribution < -0.4 is 0 Å². The highest BCUT2D eigenvalue weighted by molar-refractivity contribution is 7.15. The number of likely N-dealkylation sites (tertiary alicyclic amines) is 2. The van der Waals surface area contributed by atoms with Crippen LogP contribution in [-0.4, -0.2) is 50.8 Å². The summed E-state index contributed by atoms with van der Waals surface area (Å²) in [6.07, 6.45) is 6.13. The Morgan fingerprint density at radius 1 is 1.32 bits per heavy atom. The maximum Gasteiger partial charge on any atom is 0.222 e. The molecule has 2 aromatic rings. The van der Waals surface area contributed by atoms with E-state index in [2.05, 4.69) is 37.7 Å². The van der Waals surface area contributed by atoms with Crippen molar-refractivity contribution >= 4 is 22.2 Å². The quantitative estimate of drug-likeness (QED) is 0.872. The number of fused-ring (bicyclic) bond motifs is 1. The third-order valence-corrected chi connectivity index (χ3v) is 5.80. The summed E-state index contributed by atoms with van der Waals surface area (Å²) in [6, 6.07) is 0.471. The highest BCUT2D eigenvalue weighted by Crippen LogP contribution is 2.24. The first kappa shape index (κ1) is 14.2. The fraction of sp³-hybridized carbons (Fsp3) is 0.625. The molecule has 0 N–H and O–H groups in total. The van der Waals surface area contributed by atoms with Gasteiger partial charge in [-0.25, -0.2) is 4.98 Å². The normalized spacial score (nSPS) is 21.3. The molecule has 0 unspecified atom stereocenters. The standard InChI is InChI=1S/C16H22N4OS/c1-12-14(20-9-10-22-16(20)17-12)11-18-7-4-13(5-8-18)19-6-2-3-15(19)21/h9-10,13H,2-8,11H2,1H3. The zero-order valence-corrected chi connectivity index (χ0v) is 13.8. The highest BCUT2D eigenvalue weighted by Gasteiger charge is 2.30. The Bertz CT molecular complexity index is 683. The molecule has 0 spiro atoms. The first-order valence-corrected chi connectivity index (χ1v) is 9.03. The number of carbonyl (C=O) groups is 1. The van der Waals surface area contributed by atoms with E-state index in [-0.39, 0.29) is 0 Å². The molecule has 2 fully saturated rings. The Hall–Kier alpha value is -1.40. The van der Waals surface area contributed by atoms with Gasteiger partial charge in [0.05, 0.1) is 11.4 Å². The number of carbonyl (C=O) groups excluding carboxylic acids is 1. The zero-order chi connectivity index (χ0) is 15.1. The summed E-state index contributed by atoms with van der Waals surface area (Å²) in [4.78, 5) is 22.2. The number of thiazole rings is 1. The van der Waals surface area contributed by atoms with E-state index in [9.17, 15) is 4.79 Å². The average Bonchev–Trinajstić information content (AvgIpc) is 3.19. The lowest BCUT2D eigenvalue weighted by atomic mass is 10.0. The lowest BCUT2D eigenvalue weighted by Gasteiger charge is -2.36. The van der Waals surface area contributed by atoms with Crippen LogP contribution in [0.25, 0.3) is 4.96 Å². The van der Waals surface area contributed by atoms with E-state index in [0.29, 0.717) is 11.9 Å². The number of nitrogens with zero attached hydrogens (tertiary/aromatic N) is 4. The van der Waals surface area contributed by atoms with E-state index in [1.807, 2.05) is 0 Å². The van der Waals surface area contributed by atoms with Gasteiger partial charge < -0.3 is 4.90 Å². The van der Waals surface area contributed by atoms with Crippen molar-refractivity contribution in [3.05, 3.63) is 23.0 Å². The van der Waals surface area contributed by atoms with Crippen LogP contribution in [0.2, 0.25) is 0 Å². The first-order chi connectivity index (χ1) is 10.7. The molecule has 4 rings (SSSR count). The van der Waals surface area contributed by atoms with E-state index in [1.54, 1.807) is 11.3 Å². The summed E-state index contributed by atoms with van der Waals surface area (Å²) in [5.41, 5.74) is 2.45. The fourth-order valence-corrected chi connectivity index (χ4v) is 4.57. The second-order valence-corrected chi connectivity index (χ2v) is 7.27. The van der Waals surface area contributed by atoms with Gasteiger partial charge in [0.15, 0.2) is 4.96 Å². The van der Waals surface area contributed by atoms with Crippen LogP contribution in [0.4, 0.5) is 0 Å². The molecule has 4 heterocycles. The van der Waals surface area contributed by atoms with Crippen molar-refractivity contribution in [3.8, 4) is 0 Å². The predicted molar refractivity (Wildman–Crippen MR) is 87.1 cm³/mol. The number of imidazole rings is 1. The van der Waals surface area contributed by atoms with Crippen molar-refractivity contribution in [2.24, 2.45) is 0 Å². The smallest absolute Gasteiger partial charge is 0.222 e. The van der Waals surface area contributed by atoms with Crippen LogP contribution in [0.5, 0.6) is 0 Å². The van der Waals surface area contributed by atoms with E-state index in [0.717, 1.165) is 62.5 Å². The van der Waals surface area contributed by atoms with Gasteiger partial charge in [-0.15, -0.1) is 11.3 Å². The van der Waals surface area contributed by atoms with Crippen LogP contribution in [-0.2, 0) is 11.3 Å². The number of hydrogen-bond donors (Lipinski definition) is 0. The Morgan fingerprint density at radius 3 is 2.86 bits per heavy atom. The molecule has 2 saturated heterocycles. The van der Waals surface area contributed by atoms with Gasteiger partial charge in [0.25, 0.3) is 0 Å². The summed E-state index contributed by atoms with van der Waals surface area (Å²) in [7, 11) is 0. The molecule has 118 valence electrons. The largest absolute Gasteiger partial charge is 0.340 e. The molecular formula is C16H22N4OS. The van der Waals surface area contributed by atoms with Crippen molar-refractivity contribution in [2.45, 2.75) is 45.2 Å². The van der Waals surface area contributed by atoms with Gasteiger partial charge in [-0.1, -0.05) is 0 Å². The Labute approximate surface area is 134 Å². The van der Waals surface area contributed by atoms with E-state index >= 15 is 0 Å². The average molecular weight is 318 g/mol. The van der Waals surface area contributed by atoms with Crippen LogP contribution in [0.1, 0.15) is 37.1 Å². The second-order valence-electron chi connectivity index (χ2n) is 6.40. The summed E-state index contributed by atoms with van der Waals surface area (Å²) >= 11 is 1.69. The van der Waals surface area contributed by atoms with Gasteiger partial charge in [-0.2, -0.15) is 0 Å². The molecule has 2 aromatic heterocycles. The van der Waals surface area contributed by atoms with Gasteiger partial charge in [-0.3, -0.25) is 14.1 Å². The van der Waals surface area contributed by atoms with Crippen molar-refractivity contribution in [2.75, 3.05) is 19.6 Å². The number of rotatable bonds is 3. The molecular weight excluding hydrogens is 296 g/mol.